The summed E-state index contributed by atoms with van der Waals surface area (Å²) < 4.78 is 4.45. The largest absolute Gasteiger partial charge is 0.349 e. The third kappa shape index (κ3) is 2.00. The first kappa shape index (κ1) is 10.6. The van der Waals surface area contributed by atoms with Gasteiger partial charge in [-0.15, -0.1) is 0 Å². The van der Waals surface area contributed by atoms with Gasteiger partial charge in [0.2, 0.25) is 0 Å². The summed E-state index contributed by atoms with van der Waals surface area (Å²) in [6.07, 6.45) is 11.4. The number of imidazole rings is 1. The first-order valence-electron chi connectivity index (χ1n) is 6.24. The molecule has 17 heavy (non-hydrogen) atoms. The number of rotatable bonds is 3. The number of aromatic nitrogens is 3. The zero-order valence-electron chi connectivity index (χ0n) is 9.92. The fraction of sp³-hybridized carbons (Fsp3) is 0.462. The second-order valence-electron chi connectivity index (χ2n) is 4.71. The van der Waals surface area contributed by atoms with Crippen molar-refractivity contribution < 1.29 is 0 Å². The summed E-state index contributed by atoms with van der Waals surface area (Å²) in [7, 11) is 0. The van der Waals surface area contributed by atoms with Gasteiger partial charge >= 0.3 is 0 Å². The molecule has 0 saturated heterocycles. The lowest BCUT2D eigenvalue weighted by atomic mass is 9.94. The zero-order chi connectivity index (χ0) is 11.7. The molecular weight excluding hydrogens is 212 g/mol. The fourth-order valence-electron chi connectivity index (χ4n) is 2.64. The summed E-state index contributed by atoms with van der Waals surface area (Å²) in [4.78, 5) is 4.06. The Morgan fingerprint density at radius 1 is 1.35 bits per heavy atom. The van der Waals surface area contributed by atoms with Crippen molar-refractivity contribution in [2.75, 3.05) is 0 Å². The summed E-state index contributed by atoms with van der Waals surface area (Å²) in [5.74, 6) is 0. The lowest BCUT2D eigenvalue weighted by Crippen LogP contribution is -2.19. The Morgan fingerprint density at radius 2 is 2.29 bits per heavy atom. The van der Waals surface area contributed by atoms with E-state index in [0.29, 0.717) is 0 Å². The van der Waals surface area contributed by atoms with Crippen LogP contribution >= 0.6 is 0 Å². The molecule has 0 saturated carbocycles. The minimum absolute atomic E-state index is 0.244. The van der Waals surface area contributed by atoms with Gasteiger partial charge in [0, 0.05) is 43.4 Å². The summed E-state index contributed by atoms with van der Waals surface area (Å²) in [6.45, 7) is 1.97. The Balaban J connectivity index is 1.75. The van der Waals surface area contributed by atoms with E-state index in [4.69, 9.17) is 5.73 Å². The quantitative estimate of drug-likeness (QED) is 0.872. The fourth-order valence-corrected chi connectivity index (χ4v) is 2.64. The molecule has 0 radical (unpaired) electrons. The summed E-state index contributed by atoms with van der Waals surface area (Å²) >= 11 is 0. The van der Waals surface area contributed by atoms with Crippen LogP contribution in [0.1, 0.15) is 30.1 Å². The SMILES string of the molecule is NC1CCCc2c1ccn2CCn1ccnc1. The van der Waals surface area contributed by atoms with Crippen molar-refractivity contribution in [2.45, 2.75) is 38.4 Å². The smallest absolute Gasteiger partial charge is 0.0946 e. The van der Waals surface area contributed by atoms with Crippen molar-refractivity contribution in [1.82, 2.24) is 14.1 Å². The second-order valence-corrected chi connectivity index (χ2v) is 4.71. The second kappa shape index (κ2) is 4.37. The molecule has 2 N–H and O–H groups in total. The van der Waals surface area contributed by atoms with E-state index in [2.05, 4.69) is 26.4 Å². The molecule has 4 nitrogen and oxygen atoms in total. The Kier molecular flexibility index (Phi) is 2.73. The van der Waals surface area contributed by atoms with Gasteiger partial charge in [-0.3, -0.25) is 0 Å². The number of hydrogen-bond donors (Lipinski definition) is 1. The van der Waals surface area contributed by atoms with Crippen molar-refractivity contribution in [3.05, 3.63) is 42.2 Å². The highest BCUT2D eigenvalue weighted by Crippen LogP contribution is 2.28. The molecule has 1 atom stereocenters. The zero-order valence-corrected chi connectivity index (χ0v) is 9.92. The van der Waals surface area contributed by atoms with Gasteiger partial charge in [-0.05, 0) is 30.9 Å². The summed E-state index contributed by atoms with van der Waals surface area (Å²) in [6, 6.07) is 2.43. The predicted molar refractivity (Wildman–Crippen MR) is 66.5 cm³/mol. The van der Waals surface area contributed by atoms with Crippen LogP contribution in [0.3, 0.4) is 0 Å². The first-order valence-corrected chi connectivity index (χ1v) is 6.24. The lowest BCUT2D eigenvalue weighted by Gasteiger charge is -2.21. The van der Waals surface area contributed by atoms with Gasteiger partial charge in [-0.25, -0.2) is 4.98 Å². The van der Waals surface area contributed by atoms with Gasteiger partial charge in [0.15, 0.2) is 0 Å². The molecule has 3 rings (SSSR count). The van der Waals surface area contributed by atoms with E-state index in [9.17, 15) is 0 Å². The molecule has 0 aliphatic heterocycles. The van der Waals surface area contributed by atoms with E-state index in [1.165, 1.54) is 24.1 Å². The molecule has 1 aliphatic carbocycles. The third-order valence-electron chi connectivity index (χ3n) is 3.60. The number of aryl methyl sites for hydroxylation is 2. The molecule has 1 aliphatic rings. The predicted octanol–water partition coefficient (Wildman–Crippen LogP) is 1.72. The van der Waals surface area contributed by atoms with Crippen molar-refractivity contribution >= 4 is 0 Å². The maximum absolute atomic E-state index is 6.12. The van der Waals surface area contributed by atoms with Crippen molar-refractivity contribution in [1.29, 1.82) is 0 Å². The molecule has 0 spiro atoms. The van der Waals surface area contributed by atoms with E-state index < -0.39 is 0 Å². The Hall–Kier alpha value is -1.55. The van der Waals surface area contributed by atoms with Gasteiger partial charge in [-0.1, -0.05) is 0 Å². The molecule has 1 unspecified atom stereocenters. The molecule has 2 aromatic rings. The Labute approximate surface area is 101 Å². The molecule has 0 aromatic carbocycles. The highest BCUT2D eigenvalue weighted by molar-refractivity contribution is 5.28. The number of fused-ring (bicyclic) bond motifs is 1. The van der Waals surface area contributed by atoms with Crippen LogP contribution in [0.5, 0.6) is 0 Å². The van der Waals surface area contributed by atoms with Gasteiger partial charge in [0.1, 0.15) is 0 Å². The minimum atomic E-state index is 0.244. The summed E-state index contributed by atoms with van der Waals surface area (Å²) in [5, 5.41) is 0. The normalized spacial score (nSPS) is 19.2. The minimum Gasteiger partial charge on any atom is -0.349 e. The van der Waals surface area contributed by atoms with Crippen LogP contribution in [-0.2, 0) is 19.5 Å². The van der Waals surface area contributed by atoms with Crippen LogP contribution in [0, 0.1) is 0 Å². The molecular formula is C13H18N4. The molecule has 0 fully saturated rings. The third-order valence-corrected chi connectivity index (χ3v) is 3.60. The van der Waals surface area contributed by atoms with Crippen molar-refractivity contribution in [3.63, 3.8) is 0 Å². The van der Waals surface area contributed by atoms with Crippen LogP contribution in [-0.4, -0.2) is 14.1 Å². The van der Waals surface area contributed by atoms with Crippen molar-refractivity contribution in [2.24, 2.45) is 5.73 Å². The highest BCUT2D eigenvalue weighted by atomic mass is 15.1. The molecule has 90 valence electrons. The number of nitrogens with zero attached hydrogens (tertiary/aromatic N) is 3. The van der Waals surface area contributed by atoms with Crippen LogP contribution in [0.4, 0.5) is 0 Å². The van der Waals surface area contributed by atoms with E-state index in [-0.39, 0.29) is 6.04 Å². The average Bonchev–Trinajstić information content (AvgIpc) is 2.95. The van der Waals surface area contributed by atoms with E-state index >= 15 is 0 Å². The monoisotopic (exact) mass is 230 g/mol. The lowest BCUT2D eigenvalue weighted by molar-refractivity contribution is 0.516. The Morgan fingerprint density at radius 3 is 3.12 bits per heavy atom. The summed E-state index contributed by atoms with van der Waals surface area (Å²) in [5.41, 5.74) is 8.90. The van der Waals surface area contributed by atoms with Gasteiger partial charge in [-0.2, -0.15) is 0 Å². The maximum atomic E-state index is 6.12. The Bertz CT molecular complexity index is 483. The van der Waals surface area contributed by atoms with Gasteiger partial charge < -0.3 is 14.9 Å². The van der Waals surface area contributed by atoms with Crippen LogP contribution < -0.4 is 5.73 Å². The first-order chi connectivity index (χ1) is 8.34. The van der Waals surface area contributed by atoms with E-state index in [1.54, 1.807) is 0 Å². The van der Waals surface area contributed by atoms with Crippen LogP contribution in [0.2, 0.25) is 0 Å². The topological polar surface area (TPSA) is 48.8 Å². The molecule has 0 bridgehead atoms. The molecule has 2 aromatic heterocycles. The van der Waals surface area contributed by atoms with Crippen LogP contribution in [0.25, 0.3) is 0 Å². The van der Waals surface area contributed by atoms with Gasteiger partial charge in [0.25, 0.3) is 0 Å². The molecule has 4 heteroatoms. The maximum Gasteiger partial charge on any atom is 0.0946 e. The standard InChI is InChI=1S/C13H18N4/c14-12-2-1-3-13-11(12)4-6-17(13)9-8-16-7-5-15-10-16/h4-7,10,12H,1-3,8-9,14H2. The van der Waals surface area contributed by atoms with Crippen LogP contribution in [0.15, 0.2) is 31.0 Å². The molecule has 2 heterocycles. The number of hydrogen-bond acceptors (Lipinski definition) is 2. The highest BCUT2D eigenvalue weighted by Gasteiger charge is 2.19. The van der Waals surface area contributed by atoms with Gasteiger partial charge in [0.05, 0.1) is 6.33 Å². The van der Waals surface area contributed by atoms with Crippen molar-refractivity contribution in [3.8, 4) is 0 Å². The van der Waals surface area contributed by atoms with E-state index in [1.807, 2.05) is 18.7 Å². The molecule has 0 amide bonds. The average molecular weight is 230 g/mol. The van der Waals surface area contributed by atoms with E-state index in [0.717, 1.165) is 19.5 Å². The number of nitrogens with two attached hydrogens (primary N) is 1.